The predicted molar refractivity (Wildman–Crippen MR) is 76.9 cm³/mol. The van der Waals surface area contributed by atoms with Crippen LogP contribution in [0.3, 0.4) is 0 Å². The first-order valence-corrected chi connectivity index (χ1v) is 7.37. The summed E-state index contributed by atoms with van der Waals surface area (Å²) in [7, 11) is 0. The molecule has 1 unspecified atom stereocenters. The van der Waals surface area contributed by atoms with Crippen molar-refractivity contribution in [3.8, 4) is 0 Å². The standard InChI is InChI=1S/C14H28N2O4/c1-3-19-13(17)11(15)9-7-5-6-8-10-12(16)14(18)20-4-2/h11-12H,3-10,15-16H2,1-2H3/t11-,12?/m1/s1. The molecule has 0 radical (unpaired) electrons. The first-order chi connectivity index (χ1) is 9.52. The van der Waals surface area contributed by atoms with E-state index in [1.54, 1.807) is 13.8 Å². The zero-order valence-electron chi connectivity index (χ0n) is 12.6. The third-order valence-corrected chi connectivity index (χ3v) is 2.96. The number of hydrogen-bond acceptors (Lipinski definition) is 6. The molecular formula is C14H28N2O4. The number of unbranched alkanes of at least 4 members (excludes halogenated alkanes) is 3. The van der Waals surface area contributed by atoms with Crippen molar-refractivity contribution in [2.45, 2.75) is 64.5 Å². The summed E-state index contributed by atoms with van der Waals surface area (Å²) in [5, 5.41) is 0. The maximum Gasteiger partial charge on any atom is 0.322 e. The molecule has 0 spiro atoms. The zero-order chi connectivity index (χ0) is 15.4. The zero-order valence-corrected chi connectivity index (χ0v) is 12.6. The third kappa shape index (κ3) is 8.87. The van der Waals surface area contributed by atoms with E-state index in [9.17, 15) is 9.59 Å². The SMILES string of the molecule is CCOC(=O)C(N)CCCCCC[C@@H](N)C(=O)OCC. The van der Waals surface area contributed by atoms with Crippen molar-refractivity contribution in [1.82, 2.24) is 0 Å². The second-order valence-corrected chi connectivity index (χ2v) is 4.71. The molecule has 0 aliphatic rings. The molecule has 20 heavy (non-hydrogen) atoms. The van der Waals surface area contributed by atoms with Crippen molar-refractivity contribution in [2.24, 2.45) is 11.5 Å². The lowest BCUT2D eigenvalue weighted by Gasteiger charge is -2.11. The number of carbonyl (C=O) groups excluding carboxylic acids is 2. The number of rotatable bonds is 11. The van der Waals surface area contributed by atoms with Gasteiger partial charge in [0.25, 0.3) is 0 Å². The van der Waals surface area contributed by atoms with Gasteiger partial charge in [0.1, 0.15) is 12.1 Å². The molecule has 0 bridgehead atoms. The summed E-state index contributed by atoms with van der Waals surface area (Å²) < 4.78 is 9.66. The van der Waals surface area contributed by atoms with E-state index in [2.05, 4.69) is 0 Å². The van der Waals surface area contributed by atoms with Crippen LogP contribution in [0.1, 0.15) is 52.4 Å². The van der Waals surface area contributed by atoms with Crippen LogP contribution in [0.4, 0.5) is 0 Å². The Hall–Kier alpha value is -1.14. The van der Waals surface area contributed by atoms with E-state index in [4.69, 9.17) is 20.9 Å². The number of esters is 2. The summed E-state index contributed by atoms with van der Waals surface area (Å²) in [5.41, 5.74) is 11.4. The largest absolute Gasteiger partial charge is 0.465 e. The molecular weight excluding hydrogens is 260 g/mol. The lowest BCUT2D eigenvalue weighted by molar-refractivity contribution is -0.145. The topological polar surface area (TPSA) is 105 Å². The molecule has 0 aromatic heterocycles. The molecule has 0 fully saturated rings. The summed E-state index contributed by atoms with van der Waals surface area (Å²) >= 11 is 0. The van der Waals surface area contributed by atoms with Crippen molar-refractivity contribution < 1.29 is 19.1 Å². The van der Waals surface area contributed by atoms with Gasteiger partial charge in [-0.15, -0.1) is 0 Å². The summed E-state index contributed by atoms with van der Waals surface area (Å²) in [6, 6.07) is -1.06. The molecule has 0 aromatic carbocycles. The van der Waals surface area contributed by atoms with Crippen LogP contribution in [-0.2, 0) is 19.1 Å². The highest BCUT2D eigenvalue weighted by Crippen LogP contribution is 2.09. The number of ether oxygens (including phenoxy) is 2. The molecule has 0 aromatic rings. The quantitative estimate of drug-likeness (QED) is 0.436. The van der Waals surface area contributed by atoms with E-state index in [1.165, 1.54) is 0 Å². The van der Waals surface area contributed by atoms with Crippen molar-refractivity contribution >= 4 is 11.9 Å². The second kappa shape index (κ2) is 11.7. The Balaban J connectivity index is 3.53. The van der Waals surface area contributed by atoms with Gasteiger partial charge in [0.15, 0.2) is 0 Å². The van der Waals surface area contributed by atoms with Gasteiger partial charge in [0.05, 0.1) is 13.2 Å². The predicted octanol–water partition coefficient (Wildman–Crippen LogP) is 1.11. The van der Waals surface area contributed by atoms with Gasteiger partial charge in [-0.2, -0.15) is 0 Å². The normalized spacial score (nSPS) is 13.6. The number of carbonyl (C=O) groups is 2. The summed E-state index contributed by atoms with van der Waals surface area (Å²) in [6.45, 7) is 4.24. The Morgan fingerprint density at radius 2 is 1.15 bits per heavy atom. The third-order valence-electron chi connectivity index (χ3n) is 2.96. The molecule has 6 heteroatoms. The minimum Gasteiger partial charge on any atom is -0.465 e. The Morgan fingerprint density at radius 3 is 1.45 bits per heavy atom. The average molecular weight is 288 g/mol. The van der Waals surface area contributed by atoms with E-state index in [0.29, 0.717) is 26.1 Å². The van der Waals surface area contributed by atoms with Crippen molar-refractivity contribution in [3.63, 3.8) is 0 Å². The molecule has 0 amide bonds. The Kier molecular flexibility index (Phi) is 11.0. The molecule has 6 nitrogen and oxygen atoms in total. The molecule has 0 aliphatic carbocycles. The molecule has 2 atom stereocenters. The molecule has 118 valence electrons. The molecule has 0 rings (SSSR count). The van der Waals surface area contributed by atoms with Gasteiger partial charge in [0.2, 0.25) is 0 Å². The molecule has 0 heterocycles. The van der Waals surface area contributed by atoms with Crippen molar-refractivity contribution in [1.29, 1.82) is 0 Å². The van der Waals surface area contributed by atoms with Crippen LogP contribution in [0.2, 0.25) is 0 Å². The van der Waals surface area contributed by atoms with E-state index < -0.39 is 12.1 Å². The van der Waals surface area contributed by atoms with E-state index in [1.807, 2.05) is 0 Å². The average Bonchev–Trinajstić information content (AvgIpc) is 2.42. The maximum atomic E-state index is 11.3. The van der Waals surface area contributed by atoms with E-state index >= 15 is 0 Å². The van der Waals surface area contributed by atoms with E-state index in [0.717, 1.165) is 25.7 Å². The van der Waals surface area contributed by atoms with Crippen LogP contribution < -0.4 is 11.5 Å². The van der Waals surface area contributed by atoms with E-state index in [-0.39, 0.29) is 11.9 Å². The van der Waals surface area contributed by atoms with Crippen molar-refractivity contribution in [2.75, 3.05) is 13.2 Å². The van der Waals surface area contributed by atoms with Gasteiger partial charge in [-0.3, -0.25) is 9.59 Å². The highest BCUT2D eigenvalue weighted by atomic mass is 16.5. The van der Waals surface area contributed by atoms with Crippen LogP contribution in [0.15, 0.2) is 0 Å². The fourth-order valence-corrected chi connectivity index (χ4v) is 1.82. The molecule has 0 saturated heterocycles. The first-order valence-electron chi connectivity index (χ1n) is 7.37. The fraction of sp³-hybridized carbons (Fsp3) is 0.857. The number of nitrogens with two attached hydrogens (primary N) is 2. The van der Waals surface area contributed by atoms with Gasteiger partial charge in [0, 0.05) is 0 Å². The fourth-order valence-electron chi connectivity index (χ4n) is 1.82. The maximum absolute atomic E-state index is 11.3. The summed E-state index contributed by atoms with van der Waals surface area (Å²) in [6.07, 6.45) is 4.92. The minimum absolute atomic E-state index is 0.336. The molecule has 4 N–H and O–H groups in total. The monoisotopic (exact) mass is 288 g/mol. The van der Waals surface area contributed by atoms with Gasteiger partial charge < -0.3 is 20.9 Å². The lowest BCUT2D eigenvalue weighted by atomic mass is 10.0. The highest BCUT2D eigenvalue weighted by molar-refractivity contribution is 5.75. The Morgan fingerprint density at radius 1 is 0.800 bits per heavy atom. The summed E-state index contributed by atoms with van der Waals surface area (Å²) in [5.74, 6) is -0.673. The van der Waals surface area contributed by atoms with Crippen LogP contribution in [-0.4, -0.2) is 37.2 Å². The first kappa shape index (κ1) is 18.9. The molecule has 0 saturated carbocycles. The summed E-state index contributed by atoms with van der Waals surface area (Å²) in [4.78, 5) is 22.5. The second-order valence-electron chi connectivity index (χ2n) is 4.71. The number of hydrogen-bond donors (Lipinski definition) is 2. The van der Waals surface area contributed by atoms with Gasteiger partial charge in [-0.05, 0) is 26.7 Å². The smallest absolute Gasteiger partial charge is 0.322 e. The van der Waals surface area contributed by atoms with Gasteiger partial charge in [-0.25, -0.2) is 0 Å². The molecule has 0 aliphatic heterocycles. The Bertz CT molecular complexity index is 256. The van der Waals surface area contributed by atoms with Crippen LogP contribution in [0.5, 0.6) is 0 Å². The van der Waals surface area contributed by atoms with Crippen LogP contribution in [0.25, 0.3) is 0 Å². The van der Waals surface area contributed by atoms with Crippen LogP contribution in [0, 0.1) is 0 Å². The van der Waals surface area contributed by atoms with Crippen LogP contribution >= 0.6 is 0 Å². The highest BCUT2D eigenvalue weighted by Gasteiger charge is 2.15. The van der Waals surface area contributed by atoms with Gasteiger partial charge >= 0.3 is 11.9 Å². The van der Waals surface area contributed by atoms with Gasteiger partial charge in [-0.1, -0.05) is 25.7 Å². The lowest BCUT2D eigenvalue weighted by Crippen LogP contribution is -2.32. The minimum atomic E-state index is -0.531. The van der Waals surface area contributed by atoms with Crippen molar-refractivity contribution in [3.05, 3.63) is 0 Å². The Labute approximate surface area is 121 Å².